The fourth-order valence-corrected chi connectivity index (χ4v) is 8.44. The summed E-state index contributed by atoms with van der Waals surface area (Å²) >= 11 is 0. The van der Waals surface area contributed by atoms with Crippen LogP contribution in [0.5, 0.6) is 0 Å². The second-order valence-electron chi connectivity index (χ2n) is 3.89. The summed E-state index contributed by atoms with van der Waals surface area (Å²) in [5.74, 6) is 0. The zero-order valence-corrected chi connectivity index (χ0v) is 10.3. The van der Waals surface area contributed by atoms with Gasteiger partial charge in [-0.05, 0) is 31.7 Å². The van der Waals surface area contributed by atoms with Crippen molar-refractivity contribution in [3.8, 4) is 0 Å². The molecule has 2 atom stereocenters. The highest BCUT2D eigenvalue weighted by molar-refractivity contribution is 9.10. The van der Waals surface area contributed by atoms with E-state index >= 15 is 0 Å². The molecular formula is C12H8S3. The Kier molecular flexibility index (Phi) is 1.84. The Bertz CT molecular complexity index is 505. The smallest absolute Gasteiger partial charge is 0.0583 e. The third-order valence-corrected chi connectivity index (χ3v) is 8.07. The molecule has 15 heavy (non-hydrogen) atoms. The van der Waals surface area contributed by atoms with E-state index in [9.17, 15) is 0 Å². The molecule has 74 valence electrons. The molecule has 1 aliphatic carbocycles. The van der Waals surface area contributed by atoms with E-state index in [1.165, 1.54) is 10.8 Å². The van der Waals surface area contributed by atoms with Gasteiger partial charge in [0.05, 0.1) is 10.5 Å². The lowest BCUT2D eigenvalue weighted by molar-refractivity contribution is 0.979. The molecule has 0 spiro atoms. The van der Waals surface area contributed by atoms with Crippen LogP contribution in [0.1, 0.15) is 21.6 Å². The quantitative estimate of drug-likeness (QED) is 0.604. The maximum Gasteiger partial charge on any atom is 0.0583 e. The summed E-state index contributed by atoms with van der Waals surface area (Å²) in [6.07, 6.45) is 0. The second-order valence-corrected chi connectivity index (χ2v) is 8.22. The normalized spacial score (nSPS) is 27.2. The number of hydrogen-bond donors (Lipinski definition) is 0. The van der Waals surface area contributed by atoms with Gasteiger partial charge >= 0.3 is 0 Å². The first-order chi connectivity index (χ1) is 7.45. The standard InChI is InChI=1S/C12H8S3/c1-3-7-4-2-6-9-10(7)8(5-1)11-12(9)14-15-13-11/h1-6,11-12H. The topological polar surface area (TPSA) is 0 Å². The van der Waals surface area contributed by atoms with Crippen molar-refractivity contribution in [2.75, 3.05) is 0 Å². The molecule has 2 unspecified atom stereocenters. The van der Waals surface area contributed by atoms with Gasteiger partial charge in [0.2, 0.25) is 0 Å². The molecule has 0 N–H and O–H groups in total. The SMILES string of the molecule is c1cc2c3c(cccc3c1)C1SSSC21. The average molecular weight is 248 g/mol. The van der Waals surface area contributed by atoms with E-state index in [1.54, 1.807) is 11.1 Å². The van der Waals surface area contributed by atoms with E-state index in [2.05, 4.69) is 36.4 Å². The van der Waals surface area contributed by atoms with Crippen LogP contribution in [-0.4, -0.2) is 0 Å². The highest BCUT2D eigenvalue weighted by atomic mass is 33.5. The summed E-state index contributed by atoms with van der Waals surface area (Å²) in [5, 5.41) is 4.29. The molecule has 2 aromatic rings. The Morgan fingerprint density at radius 3 is 2.00 bits per heavy atom. The summed E-state index contributed by atoms with van der Waals surface area (Å²) < 4.78 is 0. The van der Waals surface area contributed by atoms with Crippen molar-refractivity contribution in [3.05, 3.63) is 47.5 Å². The van der Waals surface area contributed by atoms with Crippen molar-refractivity contribution in [2.24, 2.45) is 0 Å². The number of hydrogen-bond acceptors (Lipinski definition) is 3. The number of fused-ring (bicyclic) bond motifs is 3. The van der Waals surface area contributed by atoms with Gasteiger partial charge < -0.3 is 0 Å². The molecule has 0 radical (unpaired) electrons. The molecular weight excluding hydrogens is 240 g/mol. The van der Waals surface area contributed by atoms with Gasteiger partial charge in [-0.1, -0.05) is 58.0 Å². The van der Waals surface area contributed by atoms with Gasteiger partial charge in [-0.25, -0.2) is 0 Å². The van der Waals surface area contributed by atoms with Crippen LogP contribution in [0.4, 0.5) is 0 Å². The Hall–Kier alpha value is -0.250. The maximum absolute atomic E-state index is 2.30. The molecule has 0 nitrogen and oxygen atoms in total. The van der Waals surface area contributed by atoms with Crippen LogP contribution in [0, 0.1) is 0 Å². The second kappa shape index (κ2) is 3.12. The predicted octanol–water partition coefficient (Wildman–Crippen LogP) is 4.98. The molecule has 0 aromatic heterocycles. The molecule has 0 amide bonds. The molecule has 0 bridgehead atoms. The zero-order valence-electron chi connectivity index (χ0n) is 7.84. The molecule has 1 heterocycles. The largest absolute Gasteiger partial charge is 0.0727 e. The predicted molar refractivity (Wildman–Crippen MR) is 72.2 cm³/mol. The minimum absolute atomic E-state index is 0.682. The first-order valence-electron chi connectivity index (χ1n) is 4.95. The van der Waals surface area contributed by atoms with Crippen LogP contribution >= 0.6 is 31.4 Å². The molecule has 2 aromatic carbocycles. The van der Waals surface area contributed by atoms with Crippen LogP contribution in [0.2, 0.25) is 0 Å². The first-order valence-corrected chi connectivity index (χ1v) is 8.56. The van der Waals surface area contributed by atoms with Crippen LogP contribution < -0.4 is 0 Å². The fourth-order valence-electron chi connectivity index (χ4n) is 2.51. The van der Waals surface area contributed by atoms with Crippen molar-refractivity contribution in [1.82, 2.24) is 0 Å². The van der Waals surface area contributed by atoms with E-state index in [-0.39, 0.29) is 0 Å². The van der Waals surface area contributed by atoms with Crippen molar-refractivity contribution in [3.63, 3.8) is 0 Å². The molecule has 0 saturated carbocycles. The van der Waals surface area contributed by atoms with E-state index in [1.807, 2.05) is 31.4 Å². The Balaban J connectivity index is 2.15. The van der Waals surface area contributed by atoms with E-state index in [0.29, 0.717) is 10.5 Å². The Morgan fingerprint density at radius 2 is 1.40 bits per heavy atom. The van der Waals surface area contributed by atoms with E-state index in [4.69, 9.17) is 0 Å². The molecule has 1 fully saturated rings. The fraction of sp³-hybridized carbons (Fsp3) is 0.167. The average Bonchev–Trinajstić information content (AvgIpc) is 2.84. The monoisotopic (exact) mass is 248 g/mol. The van der Waals surface area contributed by atoms with Crippen LogP contribution in [-0.2, 0) is 0 Å². The van der Waals surface area contributed by atoms with Gasteiger partial charge in [-0.3, -0.25) is 0 Å². The van der Waals surface area contributed by atoms with Crippen molar-refractivity contribution >= 4 is 42.2 Å². The lowest BCUT2D eigenvalue weighted by Gasteiger charge is -2.06. The van der Waals surface area contributed by atoms with E-state index < -0.39 is 0 Å². The first kappa shape index (κ1) is 8.85. The molecule has 3 heteroatoms. The lowest BCUT2D eigenvalue weighted by Crippen LogP contribution is -1.89. The van der Waals surface area contributed by atoms with Crippen LogP contribution in [0.15, 0.2) is 36.4 Å². The van der Waals surface area contributed by atoms with Gasteiger partial charge in [0.15, 0.2) is 0 Å². The summed E-state index contributed by atoms with van der Waals surface area (Å²) in [5.41, 5.74) is 3.10. The number of rotatable bonds is 0. The van der Waals surface area contributed by atoms with Crippen LogP contribution in [0.3, 0.4) is 0 Å². The molecule has 4 rings (SSSR count). The summed E-state index contributed by atoms with van der Waals surface area (Å²) in [4.78, 5) is 0. The van der Waals surface area contributed by atoms with Crippen molar-refractivity contribution < 1.29 is 0 Å². The van der Waals surface area contributed by atoms with Gasteiger partial charge in [0.25, 0.3) is 0 Å². The Labute approximate surface area is 100 Å². The van der Waals surface area contributed by atoms with Crippen molar-refractivity contribution in [2.45, 2.75) is 10.5 Å². The molecule has 1 saturated heterocycles. The minimum atomic E-state index is 0.682. The minimum Gasteiger partial charge on any atom is -0.0727 e. The summed E-state index contributed by atoms with van der Waals surface area (Å²) in [6, 6.07) is 13.4. The highest BCUT2D eigenvalue weighted by Crippen LogP contribution is 2.70. The molecule has 1 aliphatic heterocycles. The summed E-state index contributed by atoms with van der Waals surface area (Å²) in [7, 11) is 5.99. The zero-order chi connectivity index (χ0) is 9.83. The van der Waals surface area contributed by atoms with Gasteiger partial charge in [0.1, 0.15) is 0 Å². The third kappa shape index (κ3) is 1.09. The maximum atomic E-state index is 2.30. The Morgan fingerprint density at radius 1 is 0.800 bits per heavy atom. The van der Waals surface area contributed by atoms with Gasteiger partial charge in [-0.15, -0.1) is 0 Å². The van der Waals surface area contributed by atoms with E-state index in [0.717, 1.165) is 0 Å². The third-order valence-electron chi connectivity index (χ3n) is 3.14. The highest BCUT2D eigenvalue weighted by Gasteiger charge is 2.39. The lowest BCUT2D eigenvalue weighted by atomic mass is 10.1. The van der Waals surface area contributed by atoms with Crippen LogP contribution in [0.25, 0.3) is 10.8 Å². The number of benzene rings is 2. The van der Waals surface area contributed by atoms with Gasteiger partial charge in [-0.2, -0.15) is 0 Å². The van der Waals surface area contributed by atoms with Gasteiger partial charge in [0, 0.05) is 0 Å². The molecule has 2 aliphatic rings. The summed E-state index contributed by atoms with van der Waals surface area (Å²) in [6.45, 7) is 0. The van der Waals surface area contributed by atoms with Crippen molar-refractivity contribution in [1.29, 1.82) is 0 Å².